The Morgan fingerprint density at radius 1 is 1.28 bits per heavy atom. The number of hydrogen-bond acceptors (Lipinski definition) is 0. The first-order valence-corrected chi connectivity index (χ1v) is 6.32. The van der Waals surface area contributed by atoms with Crippen LogP contribution in [0.5, 0.6) is 0 Å². The Morgan fingerprint density at radius 3 is 2.67 bits per heavy atom. The van der Waals surface area contributed by atoms with Crippen LogP contribution in [0.2, 0.25) is 0 Å². The van der Waals surface area contributed by atoms with Crippen molar-refractivity contribution >= 4 is 0 Å². The number of rotatable bonds is 3. The average Bonchev–Trinajstić information content (AvgIpc) is 2.42. The summed E-state index contributed by atoms with van der Waals surface area (Å²) in [5, 5.41) is 0. The van der Waals surface area contributed by atoms with Gasteiger partial charge in [0.15, 0.2) is 6.17 Å². The molecule has 0 spiro atoms. The van der Waals surface area contributed by atoms with E-state index in [2.05, 4.69) is 0 Å². The summed E-state index contributed by atoms with van der Waals surface area (Å²) in [7, 11) is 1.85. The van der Waals surface area contributed by atoms with Crippen LogP contribution in [-0.4, -0.2) is 0 Å². The van der Waals surface area contributed by atoms with E-state index >= 15 is 0 Å². The Balaban J connectivity index is 2.69. The molecule has 0 aliphatic rings. The molecule has 2 aromatic rings. The first kappa shape index (κ1) is 9.32. The van der Waals surface area contributed by atoms with E-state index in [-0.39, 0.29) is 5.92 Å². The second-order valence-corrected chi connectivity index (χ2v) is 4.93. The van der Waals surface area contributed by atoms with Gasteiger partial charge in [-0.15, -0.1) is 0 Å². The molecule has 0 N–H and O–H groups in total. The zero-order valence-electron chi connectivity index (χ0n) is 14.5. The summed E-state index contributed by atoms with van der Waals surface area (Å²) < 4.78 is 26.5. The first-order valence-electron chi connectivity index (χ1n) is 7.82. The Bertz CT molecular complexity index is 663. The molecule has 0 unspecified atom stereocenters. The smallest absolute Gasteiger partial charge is 0.201 e. The predicted molar refractivity (Wildman–Crippen MR) is 76.3 cm³/mol. The molecular weight excluding hydrogens is 218 g/mol. The highest BCUT2D eigenvalue weighted by atomic mass is 14.9. The maximum Gasteiger partial charge on any atom is 0.212 e. The largest absolute Gasteiger partial charge is 0.212 e. The fraction of sp³-hybridized carbons (Fsp3) is 0.353. The van der Waals surface area contributed by atoms with Crippen LogP contribution in [0, 0.1) is 12.8 Å². The van der Waals surface area contributed by atoms with Gasteiger partial charge >= 0.3 is 0 Å². The molecule has 0 bridgehead atoms. The summed E-state index contributed by atoms with van der Waals surface area (Å²) in [6.07, 6.45) is -1.13. The highest BCUT2D eigenvalue weighted by Gasteiger charge is 2.13. The van der Waals surface area contributed by atoms with Gasteiger partial charge in [0.1, 0.15) is 8.42 Å². The minimum Gasteiger partial charge on any atom is -0.201 e. The number of aryl methyl sites for hydroxylation is 1. The van der Waals surface area contributed by atoms with Crippen LogP contribution in [0.4, 0.5) is 0 Å². The Hall–Kier alpha value is -1.63. The van der Waals surface area contributed by atoms with Gasteiger partial charge in [-0.2, -0.15) is 0 Å². The van der Waals surface area contributed by atoms with Crippen molar-refractivity contribution in [1.82, 2.24) is 0 Å². The van der Waals surface area contributed by atoms with Gasteiger partial charge in [0.05, 0.1) is 0 Å². The topological polar surface area (TPSA) is 3.88 Å². The molecular formula is C17H22N+. The predicted octanol–water partition coefficient (Wildman–Crippen LogP) is 3.69. The van der Waals surface area contributed by atoms with Crippen molar-refractivity contribution in [2.45, 2.75) is 27.1 Å². The van der Waals surface area contributed by atoms with E-state index in [1.165, 1.54) is 0 Å². The Labute approximate surface area is 114 Å². The fourth-order valence-corrected chi connectivity index (χ4v) is 2.06. The normalized spacial score (nSPS) is 14.2. The zero-order chi connectivity index (χ0) is 15.8. The third kappa shape index (κ3) is 2.79. The minimum absolute atomic E-state index is 0.144. The average molecular weight is 243 g/mol. The lowest BCUT2D eigenvalue weighted by atomic mass is 9.99. The standard InChI is InChI=1S/C17H22N/c1-13(2)11-15-9-10-18(4)17(12-15)16-8-6-5-7-14(16)3/h5-10,12-13H,11H2,1-4H3/q+1/i10D,11D2. The lowest BCUT2D eigenvalue weighted by Gasteiger charge is -2.08. The molecule has 0 saturated carbocycles. The van der Waals surface area contributed by atoms with Crippen LogP contribution in [0.3, 0.4) is 0 Å². The van der Waals surface area contributed by atoms with Crippen LogP contribution in [-0.2, 0) is 13.4 Å². The quantitative estimate of drug-likeness (QED) is 0.724. The summed E-state index contributed by atoms with van der Waals surface area (Å²) in [6, 6.07) is 11.5. The molecule has 0 aliphatic heterocycles. The van der Waals surface area contributed by atoms with E-state index in [1.54, 1.807) is 10.6 Å². The maximum absolute atomic E-state index is 8.28. The first-order chi connectivity index (χ1) is 9.75. The lowest BCUT2D eigenvalue weighted by molar-refractivity contribution is -0.660. The molecule has 1 nitrogen and oxygen atoms in total. The Morgan fingerprint density at radius 2 is 2.00 bits per heavy atom. The molecule has 0 radical (unpaired) electrons. The molecule has 1 aromatic heterocycles. The van der Waals surface area contributed by atoms with Crippen molar-refractivity contribution in [3.63, 3.8) is 0 Å². The van der Waals surface area contributed by atoms with Gasteiger partial charge in [0.25, 0.3) is 0 Å². The molecule has 1 heteroatoms. The van der Waals surface area contributed by atoms with Crippen molar-refractivity contribution in [2.24, 2.45) is 13.0 Å². The highest BCUT2D eigenvalue weighted by Crippen LogP contribution is 2.21. The third-order valence-electron chi connectivity index (χ3n) is 2.94. The van der Waals surface area contributed by atoms with E-state index < -0.39 is 6.37 Å². The molecule has 0 atom stereocenters. The second-order valence-electron chi connectivity index (χ2n) is 4.93. The zero-order valence-corrected chi connectivity index (χ0v) is 11.5. The van der Waals surface area contributed by atoms with Gasteiger partial charge < -0.3 is 0 Å². The number of aromatic nitrogens is 1. The van der Waals surface area contributed by atoms with Gasteiger partial charge in [-0.3, -0.25) is 0 Å². The van der Waals surface area contributed by atoms with Gasteiger partial charge in [-0.05, 0) is 36.4 Å². The van der Waals surface area contributed by atoms with Crippen LogP contribution >= 0.6 is 0 Å². The third-order valence-corrected chi connectivity index (χ3v) is 2.94. The maximum atomic E-state index is 8.28. The van der Waals surface area contributed by atoms with E-state index in [0.717, 1.165) is 16.8 Å². The fourth-order valence-electron chi connectivity index (χ4n) is 2.06. The molecule has 0 aliphatic carbocycles. The molecule has 1 heterocycles. The SMILES string of the molecule is [2H]c1cc(C([2H])([2H])C(C)C)cc(-c2ccccc2C)[n+]1C. The van der Waals surface area contributed by atoms with Crippen LogP contribution in [0.1, 0.15) is 29.1 Å². The molecule has 1 aromatic carbocycles. The van der Waals surface area contributed by atoms with Crippen molar-refractivity contribution in [2.75, 3.05) is 0 Å². The van der Waals surface area contributed by atoms with Gasteiger partial charge in [0, 0.05) is 20.4 Å². The lowest BCUT2D eigenvalue weighted by Crippen LogP contribution is -2.30. The van der Waals surface area contributed by atoms with Crippen molar-refractivity contribution in [3.05, 3.63) is 53.7 Å². The van der Waals surface area contributed by atoms with E-state index in [4.69, 9.17) is 4.11 Å². The van der Waals surface area contributed by atoms with Crippen molar-refractivity contribution < 1.29 is 8.68 Å². The van der Waals surface area contributed by atoms with E-state index in [1.807, 2.05) is 58.2 Å². The Kier molecular flexibility index (Phi) is 2.77. The van der Waals surface area contributed by atoms with Crippen molar-refractivity contribution in [1.29, 1.82) is 0 Å². The van der Waals surface area contributed by atoms with E-state index in [0.29, 0.717) is 11.7 Å². The second kappa shape index (κ2) is 5.34. The van der Waals surface area contributed by atoms with E-state index in [9.17, 15) is 0 Å². The summed E-state index contributed by atoms with van der Waals surface area (Å²) in [4.78, 5) is 0. The molecule has 2 rings (SSSR count). The van der Waals surface area contributed by atoms with Crippen LogP contribution in [0.15, 0.2) is 42.6 Å². The number of benzene rings is 1. The number of pyridine rings is 1. The molecule has 94 valence electrons. The van der Waals surface area contributed by atoms with Gasteiger partial charge in [-0.25, -0.2) is 4.57 Å². The monoisotopic (exact) mass is 243 g/mol. The molecule has 18 heavy (non-hydrogen) atoms. The molecule has 0 amide bonds. The van der Waals surface area contributed by atoms with Crippen LogP contribution in [0.25, 0.3) is 11.3 Å². The van der Waals surface area contributed by atoms with Gasteiger partial charge in [0.2, 0.25) is 5.69 Å². The summed E-state index contributed by atoms with van der Waals surface area (Å²) in [6.45, 7) is 5.76. The number of hydrogen-bond donors (Lipinski definition) is 0. The summed E-state index contributed by atoms with van der Waals surface area (Å²) in [5.41, 5.74) is 3.60. The van der Waals surface area contributed by atoms with Gasteiger partial charge in [-0.1, -0.05) is 32.0 Å². The van der Waals surface area contributed by atoms with Crippen molar-refractivity contribution in [3.8, 4) is 11.3 Å². The molecule has 0 saturated heterocycles. The number of nitrogens with zero attached hydrogens (tertiary/aromatic N) is 1. The highest BCUT2D eigenvalue weighted by molar-refractivity contribution is 5.61. The van der Waals surface area contributed by atoms with Crippen LogP contribution < -0.4 is 4.57 Å². The summed E-state index contributed by atoms with van der Waals surface area (Å²) in [5.74, 6) is -0.144. The summed E-state index contributed by atoms with van der Waals surface area (Å²) >= 11 is 0. The molecule has 0 fully saturated rings. The minimum atomic E-state index is -1.44.